The molecule has 0 heterocycles. The van der Waals surface area contributed by atoms with Crippen molar-refractivity contribution in [1.82, 2.24) is 5.32 Å². The smallest absolute Gasteiger partial charge is 0.313 e. The summed E-state index contributed by atoms with van der Waals surface area (Å²) in [7, 11) is 0. The van der Waals surface area contributed by atoms with E-state index in [0.717, 1.165) is 6.07 Å². The summed E-state index contributed by atoms with van der Waals surface area (Å²) in [5.41, 5.74) is 0.869. The molecule has 0 bridgehead atoms. The number of anilines is 1. The van der Waals surface area contributed by atoms with E-state index in [0.29, 0.717) is 5.56 Å². The molecule has 0 fully saturated rings. The van der Waals surface area contributed by atoms with Gasteiger partial charge in [-0.3, -0.25) is 9.59 Å². The lowest BCUT2D eigenvalue weighted by Crippen LogP contribution is -2.44. The molecule has 0 saturated heterocycles. The number of aliphatic hydroxyl groups excluding tert-OH is 1. The number of aryl methyl sites for hydroxylation is 1. The number of carbonyl (C=O) groups is 2. The molecule has 1 rings (SSSR count). The Balaban J connectivity index is 2.64. The second kappa shape index (κ2) is 7.00. The van der Waals surface area contributed by atoms with Crippen LogP contribution in [-0.2, 0) is 9.59 Å². The Kier molecular flexibility index (Phi) is 5.64. The fourth-order valence-corrected chi connectivity index (χ4v) is 1.57. The van der Waals surface area contributed by atoms with Crippen molar-refractivity contribution in [2.45, 2.75) is 26.8 Å². The molecule has 5 nitrogen and oxygen atoms in total. The van der Waals surface area contributed by atoms with Crippen molar-refractivity contribution in [2.75, 3.05) is 11.9 Å². The highest BCUT2D eigenvalue weighted by Gasteiger charge is 2.19. The second-order valence-electron chi connectivity index (χ2n) is 4.89. The first-order valence-electron chi connectivity index (χ1n) is 6.33. The van der Waals surface area contributed by atoms with Gasteiger partial charge in [-0.1, -0.05) is 6.92 Å². The second-order valence-corrected chi connectivity index (χ2v) is 4.89. The first kappa shape index (κ1) is 16.1. The molecular weight excluding hydrogens is 263 g/mol. The molecule has 1 aromatic carbocycles. The molecule has 0 aliphatic rings. The third kappa shape index (κ3) is 4.62. The Hall–Kier alpha value is -1.95. The van der Waals surface area contributed by atoms with Gasteiger partial charge in [0.1, 0.15) is 5.82 Å². The topological polar surface area (TPSA) is 78.4 Å². The molecule has 0 radical (unpaired) electrons. The molecule has 0 aromatic heterocycles. The molecule has 2 atom stereocenters. The van der Waals surface area contributed by atoms with E-state index in [2.05, 4.69) is 10.6 Å². The van der Waals surface area contributed by atoms with E-state index in [4.69, 9.17) is 5.11 Å². The molecule has 0 aliphatic heterocycles. The molecule has 2 unspecified atom stereocenters. The fraction of sp³-hybridized carbons (Fsp3) is 0.429. The van der Waals surface area contributed by atoms with Gasteiger partial charge < -0.3 is 15.7 Å². The standard InChI is InChI=1S/C14H19FN2O3/c1-8-4-11(15)6-12(5-8)17-14(20)13(19)16-10(3)9(2)7-18/h4-6,9-10,18H,7H2,1-3H3,(H,16,19)(H,17,20). The Bertz CT molecular complexity index is 485. The van der Waals surface area contributed by atoms with Crippen LogP contribution in [0.5, 0.6) is 0 Å². The number of halogens is 1. The predicted octanol–water partition coefficient (Wildman–Crippen LogP) is 1.21. The average Bonchev–Trinajstić information content (AvgIpc) is 2.36. The largest absolute Gasteiger partial charge is 0.396 e. The predicted molar refractivity (Wildman–Crippen MR) is 73.6 cm³/mol. The number of amides is 2. The van der Waals surface area contributed by atoms with Gasteiger partial charge in [0.25, 0.3) is 0 Å². The molecule has 0 spiro atoms. The maximum atomic E-state index is 13.2. The zero-order valence-corrected chi connectivity index (χ0v) is 11.7. The van der Waals surface area contributed by atoms with E-state index in [1.54, 1.807) is 26.8 Å². The Morgan fingerprint density at radius 2 is 1.90 bits per heavy atom. The van der Waals surface area contributed by atoms with E-state index in [1.807, 2.05) is 0 Å². The minimum atomic E-state index is -0.869. The lowest BCUT2D eigenvalue weighted by atomic mass is 10.1. The van der Waals surface area contributed by atoms with E-state index in [1.165, 1.54) is 6.07 Å². The van der Waals surface area contributed by atoms with Crippen LogP contribution in [0.4, 0.5) is 10.1 Å². The third-order valence-electron chi connectivity index (χ3n) is 3.01. The molecule has 110 valence electrons. The van der Waals surface area contributed by atoms with Crippen LogP contribution in [0, 0.1) is 18.7 Å². The van der Waals surface area contributed by atoms with E-state index >= 15 is 0 Å². The van der Waals surface area contributed by atoms with Crippen molar-refractivity contribution < 1.29 is 19.1 Å². The first-order chi connectivity index (χ1) is 9.33. The summed E-state index contributed by atoms with van der Waals surface area (Å²) in [5.74, 6) is -2.34. The van der Waals surface area contributed by atoms with Crippen LogP contribution in [0.2, 0.25) is 0 Å². The normalized spacial score (nSPS) is 13.4. The molecule has 6 heteroatoms. The Labute approximate surface area is 117 Å². The van der Waals surface area contributed by atoms with Crippen molar-refractivity contribution in [3.63, 3.8) is 0 Å². The van der Waals surface area contributed by atoms with Crippen LogP contribution in [-0.4, -0.2) is 29.6 Å². The van der Waals surface area contributed by atoms with Crippen molar-refractivity contribution in [1.29, 1.82) is 0 Å². The van der Waals surface area contributed by atoms with E-state index < -0.39 is 17.6 Å². The van der Waals surface area contributed by atoms with Crippen molar-refractivity contribution >= 4 is 17.5 Å². The minimum Gasteiger partial charge on any atom is -0.396 e. The molecule has 0 saturated carbocycles. The van der Waals surface area contributed by atoms with Gasteiger partial charge in [-0.25, -0.2) is 4.39 Å². The van der Waals surface area contributed by atoms with Crippen LogP contribution in [0.3, 0.4) is 0 Å². The number of rotatable bonds is 4. The SMILES string of the molecule is Cc1cc(F)cc(NC(=O)C(=O)NC(C)C(C)CO)c1. The van der Waals surface area contributed by atoms with Gasteiger partial charge in [0, 0.05) is 18.3 Å². The molecular formula is C14H19FN2O3. The van der Waals surface area contributed by atoms with Crippen LogP contribution in [0.1, 0.15) is 19.4 Å². The van der Waals surface area contributed by atoms with Gasteiger partial charge >= 0.3 is 11.8 Å². The minimum absolute atomic E-state index is 0.0911. The summed E-state index contributed by atoms with van der Waals surface area (Å²) in [6, 6.07) is 3.68. The zero-order valence-electron chi connectivity index (χ0n) is 11.7. The summed E-state index contributed by atoms with van der Waals surface area (Å²) >= 11 is 0. The molecule has 0 aliphatic carbocycles. The van der Waals surface area contributed by atoms with Crippen molar-refractivity contribution in [3.8, 4) is 0 Å². The van der Waals surface area contributed by atoms with E-state index in [9.17, 15) is 14.0 Å². The number of nitrogens with one attached hydrogen (secondary N) is 2. The number of hydrogen-bond donors (Lipinski definition) is 3. The maximum absolute atomic E-state index is 13.2. The van der Waals surface area contributed by atoms with E-state index in [-0.39, 0.29) is 24.3 Å². The molecule has 1 aromatic rings. The van der Waals surface area contributed by atoms with Gasteiger partial charge in [0.2, 0.25) is 0 Å². The summed E-state index contributed by atoms with van der Waals surface area (Å²) < 4.78 is 13.2. The highest BCUT2D eigenvalue weighted by molar-refractivity contribution is 6.39. The number of hydrogen-bond acceptors (Lipinski definition) is 3. The van der Waals surface area contributed by atoms with Crippen LogP contribution < -0.4 is 10.6 Å². The molecule has 3 N–H and O–H groups in total. The maximum Gasteiger partial charge on any atom is 0.313 e. The zero-order chi connectivity index (χ0) is 15.3. The van der Waals surface area contributed by atoms with Crippen molar-refractivity contribution in [2.24, 2.45) is 5.92 Å². The third-order valence-corrected chi connectivity index (χ3v) is 3.01. The van der Waals surface area contributed by atoms with Crippen LogP contribution in [0.25, 0.3) is 0 Å². The van der Waals surface area contributed by atoms with Crippen molar-refractivity contribution in [3.05, 3.63) is 29.6 Å². The van der Waals surface area contributed by atoms with Gasteiger partial charge in [-0.15, -0.1) is 0 Å². The highest BCUT2D eigenvalue weighted by atomic mass is 19.1. The summed E-state index contributed by atoms with van der Waals surface area (Å²) in [6.07, 6.45) is 0. The summed E-state index contributed by atoms with van der Waals surface area (Å²) in [6.45, 7) is 5.03. The Morgan fingerprint density at radius 1 is 1.25 bits per heavy atom. The fourth-order valence-electron chi connectivity index (χ4n) is 1.57. The van der Waals surface area contributed by atoms with Crippen LogP contribution >= 0.6 is 0 Å². The highest BCUT2D eigenvalue weighted by Crippen LogP contribution is 2.13. The first-order valence-corrected chi connectivity index (χ1v) is 6.33. The van der Waals surface area contributed by atoms with Gasteiger partial charge in [0.15, 0.2) is 0 Å². The average molecular weight is 282 g/mol. The van der Waals surface area contributed by atoms with Gasteiger partial charge in [-0.05, 0) is 43.5 Å². The van der Waals surface area contributed by atoms with Gasteiger partial charge in [-0.2, -0.15) is 0 Å². The molecule has 20 heavy (non-hydrogen) atoms. The summed E-state index contributed by atoms with van der Waals surface area (Å²) in [4.78, 5) is 23.3. The summed E-state index contributed by atoms with van der Waals surface area (Å²) in [5, 5.41) is 13.8. The Morgan fingerprint density at radius 3 is 2.45 bits per heavy atom. The monoisotopic (exact) mass is 282 g/mol. The lowest BCUT2D eigenvalue weighted by Gasteiger charge is -2.18. The quantitative estimate of drug-likeness (QED) is 0.726. The van der Waals surface area contributed by atoms with Crippen LogP contribution in [0.15, 0.2) is 18.2 Å². The molecule has 2 amide bonds. The number of aliphatic hydroxyl groups is 1. The number of benzene rings is 1. The lowest BCUT2D eigenvalue weighted by molar-refractivity contribution is -0.136. The van der Waals surface area contributed by atoms with Gasteiger partial charge in [0.05, 0.1) is 0 Å². The number of carbonyl (C=O) groups excluding carboxylic acids is 2.